The predicted molar refractivity (Wildman–Crippen MR) is 51.7 cm³/mol. The van der Waals surface area contributed by atoms with E-state index in [4.69, 9.17) is 0 Å². The summed E-state index contributed by atoms with van der Waals surface area (Å²) in [7, 11) is -3.36. The molecule has 0 amide bonds. The molecular formula is C9H13F3O3S. The van der Waals surface area contributed by atoms with Crippen LogP contribution in [0, 0.1) is 5.92 Å². The fraction of sp³-hybridized carbons (Fsp3) is 0.889. The van der Waals surface area contributed by atoms with Crippen LogP contribution in [-0.4, -0.2) is 31.9 Å². The molecule has 0 bridgehead atoms. The molecule has 0 N–H and O–H groups in total. The minimum atomic E-state index is -4.86. The first kappa shape index (κ1) is 13.5. The van der Waals surface area contributed by atoms with Gasteiger partial charge in [0, 0.05) is 12.2 Å². The van der Waals surface area contributed by atoms with Gasteiger partial charge >= 0.3 is 6.18 Å². The van der Waals surface area contributed by atoms with Gasteiger partial charge in [-0.2, -0.15) is 13.2 Å². The third-order valence-corrected chi connectivity index (χ3v) is 4.52. The van der Waals surface area contributed by atoms with Gasteiger partial charge in [-0.3, -0.25) is 4.79 Å². The normalized spacial score (nSPS) is 27.8. The van der Waals surface area contributed by atoms with Crippen LogP contribution in [0.1, 0.15) is 25.7 Å². The SMILES string of the molecule is CS(=O)(=O)C1CCCC(C(=O)C(F)(F)F)C1. The molecule has 16 heavy (non-hydrogen) atoms. The zero-order valence-electron chi connectivity index (χ0n) is 8.75. The van der Waals surface area contributed by atoms with Crippen LogP contribution in [0.25, 0.3) is 0 Å². The van der Waals surface area contributed by atoms with Gasteiger partial charge in [0.1, 0.15) is 9.84 Å². The van der Waals surface area contributed by atoms with E-state index in [0.29, 0.717) is 12.8 Å². The number of sulfone groups is 1. The topological polar surface area (TPSA) is 51.2 Å². The first-order chi connectivity index (χ1) is 7.12. The molecule has 0 radical (unpaired) electrons. The molecule has 0 spiro atoms. The van der Waals surface area contributed by atoms with E-state index in [9.17, 15) is 26.4 Å². The van der Waals surface area contributed by atoms with Crippen LogP contribution in [0.2, 0.25) is 0 Å². The summed E-state index contributed by atoms with van der Waals surface area (Å²) in [6.07, 6.45) is -3.23. The first-order valence-electron chi connectivity index (χ1n) is 4.92. The fourth-order valence-electron chi connectivity index (χ4n) is 2.00. The summed E-state index contributed by atoms with van der Waals surface area (Å²) in [5.41, 5.74) is 0. The van der Waals surface area contributed by atoms with E-state index in [1.54, 1.807) is 0 Å². The van der Waals surface area contributed by atoms with Crippen LogP contribution in [0.4, 0.5) is 13.2 Å². The second-order valence-electron chi connectivity index (χ2n) is 4.18. The summed E-state index contributed by atoms with van der Waals surface area (Å²) in [4.78, 5) is 11.0. The van der Waals surface area contributed by atoms with Crippen LogP contribution in [-0.2, 0) is 14.6 Å². The molecular weight excluding hydrogens is 245 g/mol. The van der Waals surface area contributed by atoms with Crippen LogP contribution in [0.5, 0.6) is 0 Å². The van der Waals surface area contributed by atoms with Crippen LogP contribution in [0.15, 0.2) is 0 Å². The number of halogens is 3. The Bertz CT molecular complexity index is 372. The van der Waals surface area contributed by atoms with Crippen molar-refractivity contribution in [2.45, 2.75) is 37.1 Å². The summed E-state index contributed by atoms with van der Waals surface area (Å²) in [6.45, 7) is 0. The molecule has 0 aromatic carbocycles. The van der Waals surface area contributed by atoms with Gasteiger partial charge in [-0.05, 0) is 19.3 Å². The number of rotatable bonds is 2. The molecule has 1 aliphatic carbocycles. The molecule has 3 nitrogen and oxygen atoms in total. The average molecular weight is 258 g/mol. The monoisotopic (exact) mass is 258 g/mol. The molecule has 0 aromatic heterocycles. The molecule has 0 aliphatic heterocycles. The molecule has 2 unspecified atom stereocenters. The maximum Gasteiger partial charge on any atom is 0.450 e. The lowest BCUT2D eigenvalue weighted by atomic mass is 9.85. The van der Waals surface area contributed by atoms with Crippen molar-refractivity contribution in [3.05, 3.63) is 0 Å². The highest BCUT2D eigenvalue weighted by Gasteiger charge is 2.45. The third kappa shape index (κ3) is 3.20. The van der Waals surface area contributed by atoms with Crippen LogP contribution < -0.4 is 0 Å². The Morgan fingerprint density at radius 3 is 2.25 bits per heavy atom. The van der Waals surface area contributed by atoms with E-state index < -0.39 is 33.0 Å². The van der Waals surface area contributed by atoms with E-state index >= 15 is 0 Å². The highest BCUT2D eigenvalue weighted by atomic mass is 32.2. The molecule has 0 aromatic rings. The Kier molecular flexibility index (Phi) is 3.66. The molecule has 1 rings (SSSR count). The molecule has 1 aliphatic rings. The molecule has 0 saturated heterocycles. The minimum Gasteiger partial charge on any atom is -0.289 e. The fourth-order valence-corrected chi connectivity index (χ4v) is 3.18. The number of carbonyl (C=O) groups is 1. The van der Waals surface area contributed by atoms with Crippen molar-refractivity contribution in [3.8, 4) is 0 Å². The molecule has 0 heterocycles. The Hall–Kier alpha value is -0.590. The van der Waals surface area contributed by atoms with Crippen LogP contribution >= 0.6 is 0 Å². The van der Waals surface area contributed by atoms with Gasteiger partial charge in [0.15, 0.2) is 0 Å². The van der Waals surface area contributed by atoms with Gasteiger partial charge in [-0.1, -0.05) is 6.42 Å². The van der Waals surface area contributed by atoms with Gasteiger partial charge in [-0.25, -0.2) is 8.42 Å². The molecule has 94 valence electrons. The summed E-state index contributed by atoms with van der Waals surface area (Å²) in [5, 5.41) is -0.808. The number of alkyl halides is 3. The predicted octanol–water partition coefficient (Wildman–Crippen LogP) is 1.72. The van der Waals surface area contributed by atoms with Crippen molar-refractivity contribution in [2.24, 2.45) is 5.92 Å². The second-order valence-corrected chi connectivity index (χ2v) is 6.50. The third-order valence-electron chi connectivity index (χ3n) is 2.88. The lowest BCUT2D eigenvalue weighted by molar-refractivity contribution is -0.176. The lowest BCUT2D eigenvalue weighted by Gasteiger charge is -2.27. The largest absolute Gasteiger partial charge is 0.450 e. The van der Waals surface area contributed by atoms with Crippen LogP contribution in [0.3, 0.4) is 0 Å². The van der Waals surface area contributed by atoms with E-state index in [2.05, 4.69) is 0 Å². The molecule has 7 heteroatoms. The van der Waals surface area contributed by atoms with Gasteiger partial charge in [0.2, 0.25) is 5.78 Å². The smallest absolute Gasteiger partial charge is 0.289 e. The van der Waals surface area contributed by atoms with Gasteiger partial charge in [0.05, 0.1) is 5.25 Å². The van der Waals surface area contributed by atoms with E-state index in [1.165, 1.54) is 0 Å². The summed E-state index contributed by atoms with van der Waals surface area (Å²) in [5.74, 6) is -2.98. The van der Waals surface area contributed by atoms with Gasteiger partial charge < -0.3 is 0 Å². The highest BCUT2D eigenvalue weighted by molar-refractivity contribution is 7.91. The quantitative estimate of drug-likeness (QED) is 0.757. The molecule has 1 saturated carbocycles. The Labute approximate surface area is 91.9 Å². The average Bonchev–Trinajstić information content (AvgIpc) is 2.14. The summed E-state index contributed by atoms with van der Waals surface area (Å²) < 4.78 is 58.9. The lowest BCUT2D eigenvalue weighted by Crippen LogP contribution is -2.37. The van der Waals surface area contributed by atoms with E-state index in [0.717, 1.165) is 6.26 Å². The van der Waals surface area contributed by atoms with Crippen molar-refractivity contribution in [3.63, 3.8) is 0 Å². The molecule has 2 atom stereocenters. The maximum atomic E-state index is 12.2. The maximum absolute atomic E-state index is 12.2. The Morgan fingerprint density at radius 1 is 1.25 bits per heavy atom. The zero-order valence-corrected chi connectivity index (χ0v) is 9.57. The minimum absolute atomic E-state index is 0.129. The van der Waals surface area contributed by atoms with Gasteiger partial charge in [0.25, 0.3) is 0 Å². The Balaban J connectivity index is 2.76. The standard InChI is InChI=1S/C9H13F3O3S/c1-16(14,15)7-4-2-3-6(5-7)8(13)9(10,11)12/h6-7H,2-5H2,1H3. The number of hydrogen-bond donors (Lipinski definition) is 0. The Morgan fingerprint density at radius 2 is 1.81 bits per heavy atom. The van der Waals surface area contributed by atoms with Crippen molar-refractivity contribution in [1.82, 2.24) is 0 Å². The number of carbonyl (C=O) groups excluding carboxylic acids is 1. The molecule has 1 fully saturated rings. The highest BCUT2D eigenvalue weighted by Crippen LogP contribution is 2.33. The first-order valence-corrected chi connectivity index (χ1v) is 6.87. The van der Waals surface area contributed by atoms with Gasteiger partial charge in [-0.15, -0.1) is 0 Å². The second kappa shape index (κ2) is 4.35. The van der Waals surface area contributed by atoms with Crippen molar-refractivity contribution >= 4 is 15.6 Å². The number of ketones is 1. The van der Waals surface area contributed by atoms with Crippen molar-refractivity contribution < 1.29 is 26.4 Å². The number of hydrogen-bond acceptors (Lipinski definition) is 3. The van der Waals surface area contributed by atoms with Crippen molar-refractivity contribution in [2.75, 3.05) is 6.26 Å². The van der Waals surface area contributed by atoms with E-state index in [1.807, 2.05) is 0 Å². The summed E-state index contributed by atoms with van der Waals surface area (Å²) >= 11 is 0. The van der Waals surface area contributed by atoms with E-state index in [-0.39, 0.29) is 12.8 Å². The zero-order chi connectivity index (χ0) is 12.6. The summed E-state index contributed by atoms with van der Waals surface area (Å²) in [6, 6.07) is 0. The van der Waals surface area contributed by atoms with Crippen molar-refractivity contribution in [1.29, 1.82) is 0 Å². The number of Topliss-reactive ketones (excluding diaryl/α,β-unsaturated/α-hetero) is 1.